The largest absolute Gasteiger partial charge is 0.416 e. The van der Waals surface area contributed by atoms with Gasteiger partial charge in [-0.05, 0) is 42.9 Å². The van der Waals surface area contributed by atoms with Crippen LogP contribution in [0.2, 0.25) is 5.02 Å². The van der Waals surface area contributed by atoms with Crippen molar-refractivity contribution in [2.24, 2.45) is 0 Å². The molecule has 0 aliphatic carbocycles. The van der Waals surface area contributed by atoms with Crippen molar-refractivity contribution in [3.05, 3.63) is 82.0 Å². The Labute approximate surface area is 226 Å². The fourth-order valence-electron chi connectivity index (χ4n) is 4.39. The van der Waals surface area contributed by atoms with Gasteiger partial charge in [0.25, 0.3) is 5.91 Å². The molecule has 1 saturated heterocycles. The lowest BCUT2D eigenvalue weighted by atomic mass is 9.99. The monoisotopic (exact) mass is 570 g/mol. The zero-order chi connectivity index (χ0) is 28.5. The van der Waals surface area contributed by atoms with Crippen LogP contribution in [-0.2, 0) is 18.9 Å². The van der Waals surface area contributed by atoms with E-state index in [0.29, 0.717) is 34.1 Å². The Balaban J connectivity index is 1.70. The molecule has 1 fully saturated rings. The van der Waals surface area contributed by atoms with Crippen LogP contribution < -0.4 is 4.90 Å². The highest BCUT2D eigenvalue weighted by atomic mass is 35.5. The Morgan fingerprint density at radius 2 is 1.51 bits per heavy atom. The van der Waals surface area contributed by atoms with Crippen LogP contribution in [0.25, 0.3) is 11.1 Å². The standard InChI is InChI=1S/C27H25ClF6N4O/c1-36-7-9-38(10-8-36)24-14-21(20-5-3-4-6-23(20)28)22(15-35-24)25(39)37(2)16-17-11-18(26(29,30)31)13-19(12-17)27(32,33)34/h3-6,11-15H,7-10,16H2,1-2H3. The van der Waals surface area contributed by atoms with Gasteiger partial charge >= 0.3 is 12.4 Å². The van der Waals surface area contributed by atoms with Gasteiger partial charge < -0.3 is 14.7 Å². The Morgan fingerprint density at radius 3 is 2.08 bits per heavy atom. The first-order valence-corrected chi connectivity index (χ1v) is 12.3. The molecule has 208 valence electrons. The van der Waals surface area contributed by atoms with Crippen LogP contribution >= 0.6 is 11.6 Å². The Kier molecular flexibility index (Phi) is 8.13. The Morgan fingerprint density at radius 1 is 0.923 bits per heavy atom. The lowest BCUT2D eigenvalue weighted by Gasteiger charge is -2.33. The Hall–Kier alpha value is -3.31. The molecule has 0 radical (unpaired) electrons. The smallest absolute Gasteiger partial charge is 0.354 e. The van der Waals surface area contributed by atoms with E-state index in [1.54, 1.807) is 30.3 Å². The zero-order valence-corrected chi connectivity index (χ0v) is 21.8. The summed E-state index contributed by atoms with van der Waals surface area (Å²) in [5.41, 5.74) is -2.07. The van der Waals surface area contributed by atoms with Gasteiger partial charge in [0.15, 0.2) is 0 Å². The van der Waals surface area contributed by atoms with E-state index in [2.05, 4.69) is 14.8 Å². The fourth-order valence-corrected chi connectivity index (χ4v) is 4.63. The van der Waals surface area contributed by atoms with Crippen molar-refractivity contribution in [1.82, 2.24) is 14.8 Å². The van der Waals surface area contributed by atoms with Gasteiger partial charge in [-0.2, -0.15) is 26.3 Å². The number of carbonyl (C=O) groups excluding carboxylic acids is 1. The molecular weight excluding hydrogens is 546 g/mol. The first kappa shape index (κ1) is 28.7. The van der Waals surface area contributed by atoms with Crippen LogP contribution in [-0.4, -0.2) is 61.0 Å². The summed E-state index contributed by atoms with van der Waals surface area (Å²) in [5, 5.41) is 0.373. The van der Waals surface area contributed by atoms with E-state index in [-0.39, 0.29) is 17.2 Å². The SMILES string of the molecule is CN1CCN(c2cc(-c3ccccc3Cl)c(C(=O)N(C)Cc3cc(C(F)(F)F)cc(C(F)(F)F)c3)cn2)CC1. The second-order valence-electron chi connectivity index (χ2n) is 9.43. The van der Waals surface area contributed by atoms with Crippen molar-refractivity contribution in [1.29, 1.82) is 0 Å². The number of piperazine rings is 1. The molecule has 0 atom stereocenters. The number of pyridine rings is 1. The average molecular weight is 571 g/mol. The summed E-state index contributed by atoms with van der Waals surface area (Å²) in [4.78, 5) is 23.3. The van der Waals surface area contributed by atoms with Crippen molar-refractivity contribution in [3.63, 3.8) is 0 Å². The molecule has 4 rings (SSSR count). The van der Waals surface area contributed by atoms with Gasteiger partial charge in [-0.25, -0.2) is 4.98 Å². The third kappa shape index (κ3) is 6.65. The minimum atomic E-state index is -4.99. The number of carbonyl (C=O) groups is 1. The highest BCUT2D eigenvalue weighted by Crippen LogP contribution is 2.37. The maximum Gasteiger partial charge on any atom is 0.416 e. The number of likely N-dealkylation sites (N-methyl/N-ethyl adjacent to an activating group) is 1. The summed E-state index contributed by atoms with van der Waals surface area (Å²) in [7, 11) is 3.32. The molecule has 1 aliphatic rings. The topological polar surface area (TPSA) is 39.7 Å². The predicted octanol–water partition coefficient (Wildman–Crippen LogP) is 6.46. The zero-order valence-electron chi connectivity index (χ0n) is 21.1. The number of aromatic nitrogens is 1. The second kappa shape index (κ2) is 11.1. The number of rotatable bonds is 5. The number of nitrogens with zero attached hydrogens (tertiary/aromatic N) is 4. The average Bonchev–Trinajstić information content (AvgIpc) is 2.87. The van der Waals surface area contributed by atoms with Gasteiger partial charge in [0.1, 0.15) is 5.82 Å². The number of anilines is 1. The van der Waals surface area contributed by atoms with Crippen molar-refractivity contribution < 1.29 is 31.1 Å². The van der Waals surface area contributed by atoms with E-state index in [0.717, 1.165) is 31.1 Å². The molecular formula is C27H25ClF6N4O. The summed E-state index contributed by atoms with van der Waals surface area (Å²) < 4.78 is 79.9. The van der Waals surface area contributed by atoms with Crippen LogP contribution in [0.4, 0.5) is 32.2 Å². The van der Waals surface area contributed by atoms with Crippen molar-refractivity contribution in [2.75, 3.05) is 45.2 Å². The van der Waals surface area contributed by atoms with Gasteiger partial charge in [0.05, 0.1) is 16.7 Å². The summed E-state index contributed by atoms with van der Waals surface area (Å²) >= 11 is 6.44. The molecule has 2 aromatic carbocycles. The summed E-state index contributed by atoms with van der Waals surface area (Å²) in [6.07, 6.45) is -8.60. The van der Waals surface area contributed by atoms with E-state index in [1.165, 1.54) is 13.2 Å². The normalized spacial score (nSPS) is 14.9. The van der Waals surface area contributed by atoms with Crippen LogP contribution in [0.15, 0.2) is 54.7 Å². The molecule has 5 nitrogen and oxygen atoms in total. The number of benzene rings is 2. The van der Waals surface area contributed by atoms with Gasteiger partial charge in [-0.1, -0.05) is 29.8 Å². The first-order valence-electron chi connectivity index (χ1n) is 12.0. The van der Waals surface area contributed by atoms with Crippen LogP contribution in [0.3, 0.4) is 0 Å². The molecule has 0 unspecified atom stereocenters. The third-order valence-corrected chi connectivity index (χ3v) is 6.85. The lowest BCUT2D eigenvalue weighted by Crippen LogP contribution is -2.44. The molecule has 1 amide bonds. The molecule has 0 spiro atoms. The van der Waals surface area contributed by atoms with Crippen molar-refractivity contribution >= 4 is 23.3 Å². The second-order valence-corrected chi connectivity index (χ2v) is 9.84. The van der Waals surface area contributed by atoms with Crippen LogP contribution in [0.1, 0.15) is 27.0 Å². The molecule has 0 bridgehead atoms. The van der Waals surface area contributed by atoms with Crippen LogP contribution in [0.5, 0.6) is 0 Å². The quantitative estimate of drug-likeness (QED) is 0.330. The highest BCUT2D eigenvalue weighted by Gasteiger charge is 2.37. The number of amides is 1. The van der Waals surface area contributed by atoms with Crippen molar-refractivity contribution in [3.8, 4) is 11.1 Å². The predicted molar refractivity (Wildman–Crippen MR) is 137 cm³/mol. The molecule has 0 N–H and O–H groups in total. The lowest BCUT2D eigenvalue weighted by molar-refractivity contribution is -0.143. The number of hydrogen-bond acceptors (Lipinski definition) is 4. The fraction of sp³-hybridized carbons (Fsp3) is 0.333. The maximum absolute atomic E-state index is 13.5. The van der Waals surface area contributed by atoms with E-state index < -0.39 is 35.9 Å². The first-order chi connectivity index (χ1) is 18.2. The van der Waals surface area contributed by atoms with E-state index in [1.807, 2.05) is 7.05 Å². The van der Waals surface area contributed by atoms with E-state index in [4.69, 9.17) is 11.6 Å². The molecule has 1 aliphatic heterocycles. The number of halogens is 7. The molecule has 39 heavy (non-hydrogen) atoms. The third-order valence-electron chi connectivity index (χ3n) is 6.53. The number of hydrogen-bond donors (Lipinski definition) is 0. The van der Waals surface area contributed by atoms with E-state index in [9.17, 15) is 31.1 Å². The van der Waals surface area contributed by atoms with Gasteiger partial charge in [-0.15, -0.1) is 0 Å². The van der Waals surface area contributed by atoms with Gasteiger partial charge in [0, 0.05) is 62.1 Å². The minimum Gasteiger partial charge on any atom is -0.354 e. The Bertz CT molecular complexity index is 1320. The molecule has 0 saturated carbocycles. The molecule has 2 heterocycles. The highest BCUT2D eigenvalue weighted by molar-refractivity contribution is 6.33. The van der Waals surface area contributed by atoms with Crippen LogP contribution in [0, 0.1) is 0 Å². The molecule has 12 heteroatoms. The van der Waals surface area contributed by atoms with Gasteiger partial charge in [0.2, 0.25) is 0 Å². The summed E-state index contributed by atoms with van der Waals surface area (Å²) in [6, 6.07) is 9.88. The van der Waals surface area contributed by atoms with Crippen molar-refractivity contribution in [2.45, 2.75) is 18.9 Å². The molecule has 1 aromatic heterocycles. The molecule has 3 aromatic rings. The summed E-state index contributed by atoms with van der Waals surface area (Å²) in [6.45, 7) is 2.59. The van der Waals surface area contributed by atoms with Gasteiger partial charge in [-0.3, -0.25) is 4.79 Å². The number of alkyl halides is 6. The summed E-state index contributed by atoms with van der Waals surface area (Å²) in [5.74, 6) is -0.00163. The maximum atomic E-state index is 13.5. The van der Waals surface area contributed by atoms with E-state index >= 15 is 0 Å². The minimum absolute atomic E-state index is 0.0574.